The lowest BCUT2D eigenvalue weighted by Gasteiger charge is -2.25. The van der Waals surface area contributed by atoms with E-state index in [1.807, 2.05) is 30.3 Å². The van der Waals surface area contributed by atoms with E-state index in [1.54, 1.807) is 6.92 Å². The zero-order valence-electron chi connectivity index (χ0n) is 12.2. The number of nitrogens with two attached hydrogens (primary N) is 1. The lowest BCUT2D eigenvalue weighted by Crippen LogP contribution is -2.57. The van der Waals surface area contributed by atoms with Crippen LogP contribution in [0.1, 0.15) is 31.7 Å². The van der Waals surface area contributed by atoms with Crippen molar-refractivity contribution in [3.63, 3.8) is 0 Å². The molecule has 1 fully saturated rings. The van der Waals surface area contributed by atoms with Gasteiger partial charge in [0.25, 0.3) is 0 Å². The molecule has 1 aliphatic rings. The summed E-state index contributed by atoms with van der Waals surface area (Å²) >= 11 is 0. The molecule has 1 amide bonds. The lowest BCUT2D eigenvalue weighted by atomic mass is 9.95. The Labute approximate surface area is 124 Å². The molecule has 2 atom stereocenters. The summed E-state index contributed by atoms with van der Waals surface area (Å²) < 4.78 is 0. The Hall–Kier alpha value is -1.88. The highest BCUT2D eigenvalue weighted by atomic mass is 16.4. The first-order chi connectivity index (χ1) is 9.91. The van der Waals surface area contributed by atoms with Gasteiger partial charge < -0.3 is 16.2 Å². The van der Waals surface area contributed by atoms with Gasteiger partial charge in [-0.3, -0.25) is 4.79 Å². The van der Waals surface area contributed by atoms with Crippen LogP contribution in [0.15, 0.2) is 30.3 Å². The summed E-state index contributed by atoms with van der Waals surface area (Å²) in [4.78, 5) is 23.5. The molecule has 2 unspecified atom stereocenters. The minimum Gasteiger partial charge on any atom is -0.480 e. The number of benzene rings is 1. The molecule has 4 N–H and O–H groups in total. The molecular weight excluding hydrogens is 268 g/mol. The van der Waals surface area contributed by atoms with Crippen molar-refractivity contribution in [3.8, 4) is 0 Å². The summed E-state index contributed by atoms with van der Waals surface area (Å²) in [7, 11) is 0. The van der Waals surface area contributed by atoms with Gasteiger partial charge in [0, 0.05) is 0 Å². The van der Waals surface area contributed by atoms with Gasteiger partial charge in [-0.2, -0.15) is 0 Å². The first-order valence-corrected chi connectivity index (χ1v) is 7.28. The monoisotopic (exact) mass is 290 g/mol. The van der Waals surface area contributed by atoms with E-state index in [0.717, 1.165) is 18.4 Å². The first kappa shape index (κ1) is 15.5. The smallest absolute Gasteiger partial charge is 0.326 e. The molecule has 21 heavy (non-hydrogen) atoms. The first-order valence-electron chi connectivity index (χ1n) is 7.28. The minimum absolute atomic E-state index is 0.168. The standard InChI is InChI=1S/C16H22N2O3/c1-16(17,12-8-9-12)15(21)18-13(14(19)20)10-7-11-5-3-2-4-6-11/h2-6,12-13H,7-10,17H2,1H3,(H,18,21)(H,19,20). The molecule has 2 rings (SSSR count). The maximum absolute atomic E-state index is 12.2. The van der Waals surface area contributed by atoms with Crippen LogP contribution in [0.25, 0.3) is 0 Å². The van der Waals surface area contributed by atoms with Crippen molar-refractivity contribution in [2.75, 3.05) is 0 Å². The zero-order valence-corrected chi connectivity index (χ0v) is 12.2. The minimum atomic E-state index is -1.02. The third-order valence-electron chi connectivity index (χ3n) is 4.08. The Morgan fingerprint density at radius 1 is 1.38 bits per heavy atom. The van der Waals surface area contributed by atoms with Gasteiger partial charge in [0.05, 0.1) is 5.54 Å². The SMILES string of the molecule is CC(N)(C(=O)NC(CCc1ccccc1)C(=O)O)C1CC1. The van der Waals surface area contributed by atoms with Crippen molar-refractivity contribution in [2.45, 2.75) is 44.2 Å². The summed E-state index contributed by atoms with van der Waals surface area (Å²) in [6, 6.07) is 8.71. The average molecular weight is 290 g/mol. The normalized spacial score (nSPS) is 18.6. The number of rotatable bonds is 7. The van der Waals surface area contributed by atoms with E-state index in [-0.39, 0.29) is 11.8 Å². The molecule has 0 radical (unpaired) electrons. The number of aliphatic carboxylic acids is 1. The van der Waals surface area contributed by atoms with Gasteiger partial charge in [-0.15, -0.1) is 0 Å². The van der Waals surface area contributed by atoms with Crippen molar-refractivity contribution in [2.24, 2.45) is 11.7 Å². The Balaban J connectivity index is 1.93. The molecule has 0 aromatic heterocycles. The van der Waals surface area contributed by atoms with E-state index in [4.69, 9.17) is 5.73 Å². The second-order valence-corrected chi connectivity index (χ2v) is 5.95. The van der Waals surface area contributed by atoms with Crippen molar-refractivity contribution in [1.29, 1.82) is 0 Å². The maximum atomic E-state index is 12.2. The Morgan fingerprint density at radius 3 is 2.52 bits per heavy atom. The fraction of sp³-hybridized carbons (Fsp3) is 0.500. The summed E-state index contributed by atoms with van der Waals surface area (Å²) in [5.41, 5.74) is 6.10. The van der Waals surface area contributed by atoms with Crippen LogP contribution in [0.4, 0.5) is 0 Å². The Bertz CT molecular complexity index is 510. The predicted octanol–water partition coefficient (Wildman–Crippen LogP) is 1.32. The number of amides is 1. The highest BCUT2D eigenvalue weighted by Crippen LogP contribution is 2.38. The third kappa shape index (κ3) is 4.04. The molecule has 1 aromatic rings. The molecule has 114 valence electrons. The molecule has 5 nitrogen and oxygen atoms in total. The highest BCUT2D eigenvalue weighted by Gasteiger charge is 2.44. The van der Waals surface area contributed by atoms with Gasteiger partial charge in [0.2, 0.25) is 5.91 Å². The number of nitrogens with one attached hydrogen (secondary N) is 1. The Kier molecular flexibility index (Phi) is 4.63. The van der Waals surface area contributed by atoms with Crippen LogP contribution in [-0.4, -0.2) is 28.6 Å². The third-order valence-corrected chi connectivity index (χ3v) is 4.08. The van der Waals surface area contributed by atoms with E-state index in [0.29, 0.717) is 12.8 Å². The molecule has 0 aliphatic heterocycles. The van der Waals surface area contributed by atoms with Gasteiger partial charge in [-0.1, -0.05) is 30.3 Å². The molecular formula is C16H22N2O3. The van der Waals surface area contributed by atoms with Crippen molar-refractivity contribution in [1.82, 2.24) is 5.32 Å². The molecule has 1 aromatic carbocycles. The van der Waals surface area contributed by atoms with E-state index < -0.39 is 17.6 Å². The van der Waals surface area contributed by atoms with Crippen LogP contribution in [0.2, 0.25) is 0 Å². The van der Waals surface area contributed by atoms with Crippen molar-refractivity contribution >= 4 is 11.9 Å². The van der Waals surface area contributed by atoms with Crippen molar-refractivity contribution < 1.29 is 14.7 Å². The number of aryl methyl sites for hydroxylation is 1. The van der Waals surface area contributed by atoms with Crippen LogP contribution in [0.5, 0.6) is 0 Å². The second-order valence-electron chi connectivity index (χ2n) is 5.95. The maximum Gasteiger partial charge on any atom is 0.326 e. The summed E-state index contributed by atoms with van der Waals surface area (Å²) in [6.07, 6.45) is 2.82. The van der Waals surface area contributed by atoms with Gasteiger partial charge in [-0.05, 0) is 44.1 Å². The van der Waals surface area contributed by atoms with Gasteiger partial charge in [-0.25, -0.2) is 4.79 Å². The molecule has 1 saturated carbocycles. The van der Waals surface area contributed by atoms with Gasteiger partial charge >= 0.3 is 5.97 Å². The molecule has 0 heterocycles. The number of carboxylic acid groups (broad SMARTS) is 1. The Morgan fingerprint density at radius 2 is 2.00 bits per heavy atom. The van der Waals surface area contributed by atoms with Crippen molar-refractivity contribution in [3.05, 3.63) is 35.9 Å². The van der Waals surface area contributed by atoms with Crippen LogP contribution in [0, 0.1) is 5.92 Å². The number of carbonyl (C=O) groups is 2. The second kappa shape index (κ2) is 6.26. The van der Waals surface area contributed by atoms with Crippen LogP contribution < -0.4 is 11.1 Å². The summed E-state index contributed by atoms with van der Waals surface area (Å²) in [6.45, 7) is 1.68. The van der Waals surface area contributed by atoms with Gasteiger partial charge in [0.1, 0.15) is 6.04 Å². The van der Waals surface area contributed by atoms with Crippen LogP contribution in [0.3, 0.4) is 0 Å². The fourth-order valence-corrected chi connectivity index (χ4v) is 2.40. The zero-order chi connectivity index (χ0) is 15.5. The lowest BCUT2D eigenvalue weighted by molar-refractivity contribution is -0.143. The molecule has 0 bridgehead atoms. The number of carboxylic acids is 1. The van der Waals surface area contributed by atoms with E-state index >= 15 is 0 Å². The molecule has 0 spiro atoms. The topological polar surface area (TPSA) is 92.4 Å². The average Bonchev–Trinajstić information content (AvgIpc) is 3.28. The summed E-state index contributed by atoms with van der Waals surface area (Å²) in [5.74, 6) is -1.22. The highest BCUT2D eigenvalue weighted by molar-refractivity contribution is 5.90. The number of hydrogen-bond donors (Lipinski definition) is 3. The van der Waals surface area contributed by atoms with Crippen LogP contribution in [-0.2, 0) is 16.0 Å². The largest absolute Gasteiger partial charge is 0.480 e. The fourth-order valence-electron chi connectivity index (χ4n) is 2.40. The number of hydrogen-bond acceptors (Lipinski definition) is 3. The summed E-state index contributed by atoms with van der Waals surface area (Å²) in [5, 5.41) is 11.8. The molecule has 1 aliphatic carbocycles. The molecule has 5 heteroatoms. The van der Waals surface area contributed by atoms with Crippen LogP contribution >= 0.6 is 0 Å². The van der Waals surface area contributed by atoms with E-state index in [1.165, 1.54) is 0 Å². The molecule has 0 saturated heterocycles. The van der Waals surface area contributed by atoms with E-state index in [2.05, 4.69) is 5.32 Å². The van der Waals surface area contributed by atoms with Gasteiger partial charge in [0.15, 0.2) is 0 Å². The predicted molar refractivity (Wildman–Crippen MR) is 79.6 cm³/mol. The van der Waals surface area contributed by atoms with E-state index in [9.17, 15) is 14.7 Å². The number of carbonyl (C=O) groups excluding carboxylic acids is 1. The quantitative estimate of drug-likeness (QED) is 0.706.